The summed E-state index contributed by atoms with van der Waals surface area (Å²) >= 11 is 5.95. The van der Waals surface area contributed by atoms with E-state index in [1.54, 1.807) is 4.57 Å². The molecule has 2 rings (SSSR count). The van der Waals surface area contributed by atoms with E-state index in [1.165, 1.54) is 6.33 Å². The van der Waals surface area contributed by atoms with Crippen LogP contribution in [0.3, 0.4) is 0 Å². The van der Waals surface area contributed by atoms with Crippen molar-refractivity contribution in [1.29, 1.82) is 10.5 Å². The zero-order chi connectivity index (χ0) is 13.1. The predicted molar refractivity (Wildman–Crippen MR) is 66.9 cm³/mol. The van der Waals surface area contributed by atoms with E-state index in [-0.39, 0.29) is 11.4 Å². The molecule has 0 saturated heterocycles. The molecule has 1 aromatic heterocycles. The quantitative estimate of drug-likeness (QED) is 0.830. The summed E-state index contributed by atoms with van der Waals surface area (Å²) in [5.74, 6) is 0. The third-order valence-electron chi connectivity index (χ3n) is 2.62. The first kappa shape index (κ1) is 12.2. The van der Waals surface area contributed by atoms with Gasteiger partial charge in [-0.3, -0.25) is 0 Å². The van der Waals surface area contributed by atoms with Crippen molar-refractivity contribution in [3.63, 3.8) is 0 Å². The molecule has 0 amide bonds. The number of imidazole rings is 1. The second-order valence-corrected chi connectivity index (χ2v) is 4.28. The van der Waals surface area contributed by atoms with Crippen LogP contribution in [-0.4, -0.2) is 9.55 Å². The van der Waals surface area contributed by atoms with Crippen LogP contribution in [0.4, 0.5) is 0 Å². The van der Waals surface area contributed by atoms with E-state index in [4.69, 9.17) is 22.1 Å². The van der Waals surface area contributed by atoms with Crippen molar-refractivity contribution in [2.45, 2.75) is 13.5 Å². The third-order valence-corrected chi connectivity index (χ3v) is 3.05. The van der Waals surface area contributed by atoms with Crippen molar-refractivity contribution >= 4 is 11.6 Å². The highest BCUT2D eigenvalue weighted by atomic mass is 35.5. The minimum absolute atomic E-state index is 0.156. The number of hydrogen-bond donors (Lipinski definition) is 0. The molecule has 1 heterocycles. The van der Waals surface area contributed by atoms with E-state index < -0.39 is 0 Å². The summed E-state index contributed by atoms with van der Waals surface area (Å²) < 4.78 is 1.65. The predicted octanol–water partition coefficient (Wildman–Crippen LogP) is 2.64. The van der Waals surface area contributed by atoms with E-state index in [1.807, 2.05) is 37.3 Å². The first-order valence-electron chi connectivity index (χ1n) is 5.26. The number of aryl methyl sites for hydroxylation is 1. The van der Waals surface area contributed by atoms with Gasteiger partial charge in [0.15, 0.2) is 11.4 Å². The van der Waals surface area contributed by atoms with Crippen LogP contribution < -0.4 is 0 Å². The summed E-state index contributed by atoms with van der Waals surface area (Å²) in [7, 11) is 0. The van der Waals surface area contributed by atoms with Crippen molar-refractivity contribution in [2.24, 2.45) is 0 Å². The van der Waals surface area contributed by atoms with Crippen molar-refractivity contribution in [1.82, 2.24) is 9.55 Å². The van der Waals surface area contributed by atoms with E-state index in [0.29, 0.717) is 11.6 Å². The topological polar surface area (TPSA) is 65.4 Å². The van der Waals surface area contributed by atoms with Crippen LogP contribution in [-0.2, 0) is 6.54 Å². The van der Waals surface area contributed by atoms with Gasteiger partial charge in [0.05, 0.1) is 6.33 Å². The van der Waals surface area contributed by atoms with Gasteiger partial charge in [-0.05, 0) is 24.1 Å². The molecule has 0 atom stereocenters. The Labute approximate surface area is 110 Å². The van der Waals surface area contributed by atoms with Gasteiger partial charge in [0.25, 0.3) is 0 Å². The molecule has 0 aliphatic rings. The van der Waals surface area contributed by atoms with Crippen LogP contribution in [0.15, 0.2) is 24.5 Å². The number of halogens is 1. The zero-order valence-corrected chi connectivity index (χ0v) is 10.4. The Morgan fingerprint density at radius 3 is 2.72 bits per heavy atom. The highest BCUT2D eigenvalue weighted by molar-refractivity contribution is 6.31. The molecule has 2 aromatic rings. The Hall–Kier alpha value is -2.30. The SMILES string of the molecule is Cc1cc(Cn2cnc(C#N)c2C#N)ccc1Cl. The second kappa shape index (κ2) is 4.91. The zero-order valence-electron chi connectivity index (χ0n) is 9.68. The first-order valence-corrected chi connectivity index (χ1v) is 5.64. The normalized spacial score (nSPS) is 9.78. The fourth-order valence-electron chi connectivity index (χ4n) is 1.70. The van der Waals surface area contributed by atoms with Crippen LogP contribution in [0.25, 0.3) is 0 Å². The molecule has 0 saturated carbocycles. The number of nitriles is 2. The number of hydrogen-bond acceptors (Lipinski definition) is 3. The highest BCUT2D eigenvalue weighted by Crippen LogP contribution is 2.17. The Kier molecular flexibility index (Phi) is 3.32. The molecule has 0 N–H and O–H groups in total. The molecule has 4 nitrogen and oxygen atoms in total. The second-order valence-electron chi connectivity index (χ2n) is 3.88. The number of benzene rings is 1. The van der Waals surface area contributed by atoms with E-state index in [0.717, 1.165) is 11.1 Å². The molecule has 0 radical (unpaired) electrons. The summed E-state index contributed by atoms with van der Waals surface area (Å²) in [6.45, 7) is 2.42. The molecule has 0 aliphatic carbocycles. The van der Waals surface area contributed by atoms with Gasteiger partial charge in [0.1, 0.15) is 12.1 Å². The molecule has 0 spiro atoms. The summed E-state index contributed by atoms with van der Waals surface area (Å²) in [5, 5.41) is 18.5. The van der Waals surface area contributed by atoms with Crippen LogP contribution in [0.2, 0.25) is 5.02 Å². The van der Waals surface area contributed by atoms with E-state index >= 15 is 0 Å². The maximum Gasteiger partial charge on any atom is 0.176 e. The van der Waals surface area contributed by atoms with Crippen molar-refractivity contribution in [3.05, 3.63) is 52.1 Å². The molecular formula is C13H9ClN4. The summed E-state index contributed by atoms with van der Waals surface area (Å²) in [6, 6.07) is 9.56. The largest absolute Gasteiger partial charge is 0.317 e. The summed E-state index contributed by atoms with van der Waals surface area (Å²) in [6.07, 6.45) is 1.50. The molecule has 5 heteroatoms. The molecule has 18 heavy (non-hydrogen) atoms. The average Bonchev–Trinajstić information content (AvgIpc) is 2.75. The smallest absolute Gasteiger partial charge is 0.176 e. The van der Waals surface area contributed by atoms with Gasteiger partial charge in [0, 0.05) is 11.6 Å². The monoisotopic (exact) mass is 256 g/mol. The Morgan fingerprint density at radius 1 is 1.33 bits per heavy atom. The maximum absolute atomic E-state index is 9.01. The van der Waals surface area contributed by atoms with Gasteiger partial charge >= 0.3 is 0 Å². The number of aromatic nitrogens is 2. The van der Waals surface area contributed by atoms with Gasteiger partial charge in [-0.1, -0.05) is 23.7 Å². The summed E-state index contributed by atoms with van der Waals surface area (Å²) in [4.78, 5) is 3.89. The lowest BCUT2D eigenvalue weighted by atomic mass is 10.1. The van der Waals surface area contributed by atoms with Crippen LogP contribution in [0.5, 0.6) is 0 Å². The van der Waals surface area contributed by atoms with Crippen LogP contribution >= 0.6 is 11.6 Å². The Bertz CT molecular complexity index is 673. The van der Waals surface area contributed by atoms with Crippen molar-refractivity contribution < 1.29 is 0 Å². The van der Waals surface area contributed by atoms with E-state index in [9.17, 15) is 0 Å². The lowest BCUT2D eigenvalue weighted by molar-refractivity contribution is 0.785. The third kappa shape index (κ3) is 2.20. The molecule has 0 fully saturated rings. The van der Waals surface area contributed by atoms with Gasteiger partial charge in [-0.25, -0.2) is 4.98 Å². The van der Waals surface area contributed by atoms with Crippen molar-refractivity contribution in [2.75, 3.05) is 0 Å². The van der Waals surface area contributed by atoms with Crippen molar-refractivity contribution in [3.8, 4) is 12.1 Å². The minimum Gasteiger partial charge on any atom is -0.317 e. The van der Waals surface area contributed by atoms with Gasteiger partial charge in [0.2, 0.25) is 0 Å². The Balaban J connectivity index is 2.35. The van der Waals surface area contributed by atoms with Crippen LogP contribution in [0.1, 0.15) is 22.5 Å². The molecule has 0 bridgehead atoms. The maximum atomic E-state index is 9.01. The molecule has 0 aliphatic heterocycles. The van der Waals surface area contributed by atoms with E-state index in [2.05, 4.69) is 4.98 Å². The number of nitrogens with zero attached hydrogens (tertiary/aromatic N) is 4. The molecular weight excluding hydrogens is 248 g/mol. The fraction of sp³-hybridized carbons (Fsp3) is 0.154. The Morgan fingerprint density at radius 2 is 2.11 bits per heavy atom. The van der Waals surface area contributed by atoms with Gasteiger partial charge in [-0.2, -0.15) is 10.5 Å². The van der Waals surface area contributed by atoms with Gasteiger partial charge < -0.3 is 4.57 Å². The highest BCUT2D eigenvalue weighted by Gasteiger charge is 2.10. The standard InChI is InChI=1S/C13H9ClN4/c1-9-4-10(2-3-11(9)14)7-18-8-17-12(5-15)13(18)6-16/h2-4,8H,7H2,1H3. The van der Waals surface area contributed by atoms with Crippen LogP contribution in [0, 0.1) is 29.6 Å². The number of rotatable bonds is 2. The first-order chi connectivity index (χ1) is 8.65. The molecule has 0 unspecified atom stereocenters. The summed E-state index contributed by atoms with van der Waals surface area (Å²) in [5.41, 5.74) is 2.43. The average molecular weight is 257 g/mol. The van der Waals surface area contributed by atoms with Gasteiger partial charge in [-0.15, -0.1) is 0 Å². The molecule has 88 valence electrons. The fourth-order valence-corrected chi connectivity index (χ4v) is 1.82. The lowest BCUT2D eigenvalue weighted by Gasteiger charge is -2.06. The lowest BCUT2D eigenvalue weighted by Crippen LogP contribution is -2.01. The minimum atomic E-state index is 0.156. The molecule has 1 aromatic carbocycles.